The van der Waals surface area contributed by atoms with Crippen molar-refractivity contribution in [2.24, 2.45) is 5.92 Å². The Kier molecular flexibility index (Phi) is 5.05. The van der Waals surface area contributed by atoms with Crippen LogP contribution in [0.2, 0.25) is 0 Å². The maximum atomic E-state index is 10.9. The highest BCUT2D eigenvalue weighted by Gasteiger charge is 2.21. The van der Waals surface area contributed by atoms with Crippen molar-refractivity contribution in [3.05, 3.63) is 35.9 Å². The van der Waals surface area contributed by atoms with Crippen molar-refractivity contribution in [1.82, 2.24) is 0 Å². The van der Waals surface area contributed by atoms with Crippen LogP contribution in [0.5, 0.6) is 0 Å². The van der Waals surface area contributed by atoms with Crippen molar-refractivity contribution in [3.8, 4) is 0 Å². The number of carbonyl (C=O) groups is 1. The van der Waals surface area contributed by atoms with Crippen LogP contribution in [0.4, 0.5) is 0 Å². The summed E-state index contributed by atoms with van der Waals surface area (Å²) >= 11 is 0. The molecule has 0 amide bonds. The Hall–Kier alpha value is -1.15. The fraction of sp³-hybridized carbons (Fsp3) is 0.462. The Morgan fingerprint density at radius 2 is 1.93 bits per heavy atom. The highest BCUT2D eigenvalue weighted by molar-refractivity contribution is 5.55. The molecule has 2 unspecified atom stereocenters. The predicted octanol–water partition coefficient (Wildman–Crippen LogP) is 2.99. The van der Waals surface area contributed by atoms with Crippen molar-refractivity contribution in [2.75, 3.05) is 6.61 Å². The van der Waals surface area contributed by atoms with E-state index in [0.717, 1.165) is 18.3 Å². The van der Waals surface area contributed by atoms with Gasteiger partial charge in [0.1, 0.15) is 6.29 Å². The van der Waals surface area contributed by atoms with Crippen LogP contribution >= 0.6 is 0 Å². The summed E-state index contributed by atoms with van der Waals surface area (Å²) < 4.78 is 5.64. The lowest BCUT2D eigenvalue weighted by Crippen LogP contribution is -2.17. The minimum atomic E-state index is -0.0984. The zero-order valence-corrected chi connectivity index (χ0v) is 9.35. The van der Waals surface area contributed by atoms with Crippen molar-refractivity contribution < 1.29 is 9.53 Å². The fourth-order valence-electron chi connectivity index (χ4n) is 1.67. The van der Waals surface area contributed by atoms with Gasteiger partial charge in [-0.1, -0.05) is 37.3 Å². The van der Waals surface area contributed by atoms with E-state index < -0.39 is 0 Å². The Morgan fingerprint density at radius 1 is 1.27 bits per heavy atom. The average molecular weight is 206 g/mol. The Morgan fingerprint density at radius 3 is 2.40 bits per heavy atom. The molecular formula is C13H18O2. The molecule has 0 spiro atoms. The molecule has 82 valence electrons. The number of benzene rings is 1. The zero-order chi connectivity index (χ0) is 11.1. The molecule has 2 atom stereocenters. The first-order valence-electron chi connectivity index (χ1n) is 5.45. The SMILES string of the molecule is CCOC(c1ccccc1)C(C=O)CC. The third-order valence-electron chi connectivity index (χ3n) is 2.51. The van der Waals surface area contributed by atoms with Gasteiger partial charge in [0.25, 0.3) is 0 Å². The van der Waals surface area contributed by atoms with Crippen molar-refractivity contribution >= 4 is 6.29 Å². The third-order valence-corrected chi connectivity index (χ3v) is 2.51. The summed E-state index contributed by atoms with van der Waals surface area (Å²) in [5, 5.41) is 0. The van der Waals surface area contributed by atoms with Gasteiger partial charge < -0.3 is 9.53 Å². The van der Waals surface area contributed by atoms with Crippen LogP contribution in [0, 0.1) is 5.92 Å². The molecule has 0 fully saturated rings. The van der Waals surface area contributed by atoms with Gasteiger partial charge in [-0.25, -0.2) is 0 Å². The minimum absolute atomic E-state index is 0.0488. The molecule has 0 aromatic heterocycles. The number of carbonyl (C=O) groups excluding carboxylic acids is 1. The van der Waals surface area contributed by atoms with Gasteiger partial charge in [0.2, 0.25) is 0 Å². The summed E-state index contributed by atoms with van der Waals surface area (Å²) in [5.41, 5.74) is 1.08. The molecule has 1 aromatic carbocycles. The maximum absolute atomic E-state index is 10.9. The largest absolute Gasteiger partial charge is 0.373 e. The van der Waals surface area contributed by atoms with Crippen molar-refractivity contribution in [1.29, 1.82) is 0 Å². The molecule has 2 nitrogen and oxygen atoms in total. The molecule has 0 radical (unpaired) electrons. The molecule has 1 rings (SSSR count). The number of rotatable bonds is 6. The van der Waals surface area contributed by atoms with E-state index in [1.165, 1.54) is 0 Å². The lowest BCUT2D eigenvalue weighted by atomic mass is 9.94. The summed E-state index contributed by atoms with van der Waals surface area (Å²) in [5.74, 6) is -0.0488. The molecular weight excluding hydrogens is 188 g/mol. The smallest absolute Gasteiger partial charge is 0.126 e. The summed E-state index contributed by atoms with van der Waals surface area (Å²) in [6.07, 6.45) is 1.70. The second-order valence-electron chi connectivity index (χ2n) is 3.49. The molecule has 0 saturated heterocycles. The van der Waals surface area contributed by atoms with Gasteiger partial charge in [-0.05, 0) is 18.9 Å². The first kappa shape index (κ1) is 11.9. The van der Waals surface area contributed by atoms with Crippen LogP contribution < -0.4 is 0 Å². The summed E-state index contributed by atoms with van der Waals surface area (Å²) in [6, 6.07) is 9.92. The maximum Gasteiger partial charge on any atom is 0.126 e. The van der Waals surface area contributed by atoms with Gasteiger partial charge >= 0.3 is 0 Å². The zero-order valence-electron chi connectivity index (χ0n) is 9.35. The molecule has 0 aliphatic carbocycles. The van der Waals surface area contributed by atoms with Crippen LogP contribution in [0.3, 0.4) is 0 Å². The quantitative estimate of drug-likeness (QED) is 0.669. The highest BCUT2D eigenvalue weighted by atomic mass is 16.5. The molecule has 0 bridgehead atoms. The molecule has 2 heteroatoms. The monoisotopic (exact) mass is 206 g/mol. The molecule has 0 N–H and O–H groups in total. The summed E-state index contributed by atoms with van der Waals surface area (Å²) in [4.78, 5) is 10.9. The van der Waals surface area contributed by atoms with E-state index in [9.17, 15) is 4.79 Å². The van der Waals surface area contributed by atoms with Gasteiger partial charge in [0.05, 0.1) is 6.10 Å². The fourth-order valence-corrected chi connectivity index (χ4v) is 1.67. The molecule has 15 heavy (non-hydrogen) atoms. The van der Waals surface area contributed by atoms with E-state index in [1.807, 2.05) is 44.2 Å². The summed E-state index contributed by atoms with van der Waals surface area (Å²) in [7, 11) is 0. The van der Waals surface area contributed by atoms with Crippen LogP contribution in [-0.2, 0) is 9.53 Å². The number of hydrogen-bond acceptors (Lipinski definition) is 2. The van der Waals surface area contributed by atoms with E-state index in [0.29, 0.717) is 6.61 Å². The Bertz CT molecular complexity index is 282. The van der Waals surface area contributed by atoms with E-state index >= 15 is 0 Å². The number of hydrogen-bond donors (Lipinski definition) is 0. The van der Waals surface area contributed by atoms with E-state index in [1.54, 1.807) is 0 Å². The number of aldehydes is 1. The molecule has 0 aliphatic rings. The van der Waals surface area contributed by atoms with Gasteiger partial charge in [0, 0.05) is 12.5 Å². The van der Waals surface area contributed by atoms with Crippen LogP contribution in [0.15, 0.2) is 30.3 Å². The predicted molar refractivity (Wildman–Crippen MR) is 60.7 cm³/mol. The normalized spacial score (nSPS) is 14.5. The molecule has 1 aromatic rings. The highest BCUT2D eigenvalue weighted by Crippen LogP contribution is 2.26. The lowest BCUT2D eigenvalue weighted by Gasteiger charge is -2.22. The summed E-state index contributed by atoms with van der Waals surface area (Å²) in [6.45, 7) is 4.59. The standard InChI is InChI=1S/C13H18O2/c1-3-11(10-14)13(15-4-2)12-8-6-5-7-9-12/h5-11,13H,3-4H2,1-2H3. The third kappa shape index (κ3) is 3.17. The number of ether oxygens (including phenoxy) is 1. The van der Waals surface area contributed by atoms with Crippen molar-refractivity contribution in [3.63, 3.8) is 0 Å². The van der Waals surface area contributed by atoms with Gasteiger partial charge in [-0.15, -0.1) is 0 Å². The second-order valence-corrected chi connectivity index (χ2v) is 3.49. The van der Waals surface area contributed by atoms with E-state index in [-0.39, 0.29) is 12.0 Å². The topological polar surface area (TPSA) is 26.3 Å². The first-order chi connectivity index (χ1) is 7.33. The van der Waals surface area contributed by atoms with Crippen molar-refractivity contribution in [2.45, 2.75) is 26.4 Å². The van der Waals surface area contributed by atoms with Crippen LogP contribution in [0.25, 0.3) is 0 Å². The van der Waals surface area contributed by atoms with Gasteiger partial charge in [0.15, 0.2) is 0 Å². The first-order valence-corrected chi connectivity index (χ1v) is 5.45. The van der Waals surface area contributed by atoms with E-state index in [4.69, 9.17) is 4.74 Å². The van der Waals surface area contributed by atoms with E-state index in [2.05, 4.69) is 0 Å². The Balaban J connectivity index is 2.86. The van der Waals surface area contributed by atoms with Crippen LogP contribution in [0.1, 0.15) is 31.9 Å². The second kappa shape index (κ2) is 6.36. The minimum Gasteiger partial charge on any atom is -0.373 e. The average Bonchev–Trinajstić information content (AvgIpc) is 2.30. The molecule has 0 heterocycles. The van der Waals surface area contributed by atoms with Crippen LogP contribution in [-0.4, -0.2) is 12.9 Å². The molecule has 0 aliphatic heterocycles. The Labute approximate surface area is 91.3 Å². The van der Waals surface area contributed by atoms with Gasteiger partial charge in [-0.2, -0.15) is 0 Å². The van der Waals surface area contributed by atoms with Gasteiger partial charge in [-0.3, -0.25) is 0 Å². The molecule has 0 saturated carbocycles. The lowest BCUT2D eigenvalue weighted by molar-refractivity contribution is -0.116.